The fraction of sp³-hybridized carbons (Fsp3) is 0.381. The fourth-order valence-electron chi connectivity index (χ4n) is 2.93. The molecule has 1 unspecified atom stereocenters. The molecule has 2 aromatic rings. The summed E-state index contributed by atoms with van der Waals surface area (Å²) >= 11 is 0. The summed E-state index contributed by atoms with van der Waals surface area (Å²) in [5, 5.41) is 2.81. The van der Waals surface area contributed by atoms with Crippen LogP contribution in [0.1, 0.15) is 24.1 Å². The van der Waals surface area contributed by atoms with Gasteiger partial charge in [-0.15, -0.1) is 0 Å². The van der Waals surface area contributed by atoms with Crippen molar-refractivity contribution < 1.29 is 27.4 Å². The smallest absolute Gasteiger partial charge is 0.246 e. The zero-order chi connectivity index (χ0) is 22.5. The van der Waals surface area contributed by atoms with Crippen molar-refractivity contribution in [2.75, 3.05) is 34.9 Å². The summed E-state index contributed by atoms with van der Waals surface area (Å²) in [5.74, 6) is 0.918. The molecule has 0 spiro atoms. The minimum atomic E-state index is -3.91. The highest BCUT2D eigenvalue weighted by atomic mass is 32.2. The van der Waals surface area contributed by atoms with Gasteiger partial charge in [0.25, 0.3) is 0 Å². The molecule has 0 aliphatic carbocycles. The summed E-state index contributed by atoms with van der Waals surface area (Å²) in [6.07, 6.45) is 0. The molecule has 0 saturated carbocycles. The van der Waals surface area contributed by atoms with Crippen LogP contribution in [-0.2, 0) is 14.8 Å². The molecule has 0 aromatic heterocycles. The van der Waals surface area contributed by atoms with E-state index in [2.05, 4.69) is 5.32 Å². The van der Waals surface area contributed by atoms with Gasteiger partial charge in [-0.1, -0.05) is 12.1 Å². The van der Waals surface area contributed by atoms with Crippen molar-refractivity contribution in [3.05, 3.63) is 47.5 Å². The first-order valence-corrected chi connectivity index (χ1v) is 10.7. The Morgan fingerprint density at radius 1 is 1.00 bits per heavy atom. The second kappa shape index (κ2) is 9.82. The van der Waals surface area contributed by atoms with E-state index in [0.29, 0.717) is 11.5 Å². The zero-order valence-electron chi connectivity index (χ0n) is 18.1. The van der Waals surface area contributed by atoms with Gasteiger partial charge >= 0.3 is 0 Å². The standard InChI is InChI=1S/C21H28N2O6S/c1-14-7-9-18(28-5)20(11-14)30(25,26)23(3)13-21(24)22-15(2)16-8-10-17(27-4)19(12-16)29-6/h7-12,15H,13H2,1-6H3,(H,22,24). The van der Waals surface area contributed by atoms with Gasteiger partial charge in [0.05, 0.1) is 33.9 Å². The number of likely N-dealkylation sites (N-methyl/N-ethyl adjacent to an activating group) is 1. The molecule has 9 heteroatoms. The molecule has 0 saturated heterocycles. The minimum Gasteiger partial charge on any atom is -0.495 e. The van der Waals surface area contributed by atoms with Gasteiger partial charge in [0.2, 0.25) is 15.9 Å². The van der Waals surface area contributed by atoms with Crippen LogP contribution in [0, 0.1) is 6.92 Å². The molecule has 1 amide bonds. The van der Waals surface area contributed by atoms with Crippen LogP contribution >= 0.6 is 0 Å². The molecule has 0 bridgehead atoms. The van der Waals surface area contributed by atoms with E-state index in [-0.39, 0.29) is 23.2 Å². The van der Waals surface area contributed by atoms with Crippen molar-refractivity contribution in [1.29, 1.82) is 0 Å². The minimum absolute atomic E-state index is 0.0215. The molecule has 0 heterocycles. The van der Waals surface area contributed by atoms with Gasteiger partial charge in [0.15, 0.2) is 11.5 Å². The Balaban J connectivity index is 2.13. The van der Waals surface area contributed by atoms with Gasteiger partial charge in [0, 0.05) is 7.05 Å². The normalized spacial score (nSPS) is 12.4. The van der Waals surface area contributed by atoms with Crippen LogP contribution in [-0.4, -0.2) is 53.6 Å². The third kappa shape index (κ3) is 5.22. The first-order chi connectivity index (χ1) is 14.1. The Kier molecular flexibility index (Phi) is 7.69. The summed E-state index contributed by atoms with van der Waals surface area (Å²) in [7, 11) is 1.93. The largest absolute Gasteiger partial charge is 0.495 e. The maximum atomic E-state index is 12.9. The third-order valence-corrected chi connectivity index (χ3v) is 6.48. The number of ether oxygens (including phenoxy) is 3. The van der Waals surface area contributed by atoms with Crippen LogP contribution in [0.15, 0.2) is 41.3 Å². The molecule has 0 aliphatic rings. The number of nitrogens with one attached hydrogen (secondary N) is 1. The van der Waals surface area contributed by atoms with Crippen LogP contribution in [0.4, 0.5) is 0 Å². The number of hydrogen-bond donors (Lipinski definition) is 1. The number of carbonyl (C=O) groups is 1. The SMILES string of the molecule is COc1ccc(C(C)NC(=O)CN(C)S(=O)(=O)c2cc(C)ccc2OC)cc1OC. The van der Waals surface area contributed by atoms with Gasteiger partial charge in [-0.2, -0.15) is 4.31 Å². The quantitative estimate of drug-likeness (QED) is 0.649. The maximum absolute atomic E-state index is 12.9. The molecular weight excluding hydrogens is 408 g/mol. The van der Waals surface area contributed by atoms with E-state index < -0.39 is 15.9 Å². The molecule has 0 radical (unpaired) electrons. The van der Waals surface area contributed by atoms with E-state index in [4.69, 9.17) is 14.2 Å². The predicted octanol–water partition coefficient (Wildman–Crippen LogP) is 2.52. The van der Waals surface area contributed by atoms with Crippen LogP contribution in [0.25, 0.3) is 0 Å². The number of nitrogens with zero attached hydrogens (tertiary/aromatic N) is 1. The predicted molar refractivity (Wildman–Crippen MR) is 114 cm³/mol. The number of rotatable bonds is 9. The molecule has 164 valence electrons. The number of carbonyl (C=O) groups excluding carboxylic acids is 1. The topological polar surface area (TPSA) is 94.2 Å². The Morgan fingerprint density at radius 3 is 2.20 bits per heavy atom. The Morgan fingerprint density at radius 2 is 1.60 bits per heavy atom. The lowest BCUT2D eigenvalue weighted by Crippen LogP contribution is -2.39. The van der Waals surface area contributed by atoms with Crippen molar-refractivity contribution in [3.63, 3.8) is 0 Å². The number of sulfonamides is 1. The Hall–Kier alpha value is -2.78. The second-order valence-corrected chi connectivity index (χ2v) is 8.83. The summed E-state index contributed by atoms with van der Waals surface area (Å²) in [6.45, 7) is 3.25. The van der Waals surface area contributed by atoms with Gasteiger partial charge in [-0.25, -0.2) is 8.42 Å². The molecule has 8 nitrogen and oxygen atoms in total. The van der Waals surface area contributed by atoms with E-state index in [9.17, 15) is 13.2 Å². The lowest BCUT2D eigenvalue weighted by atomic mass is 10.1. The van der Waals surface area contributed by atoms with Crippen molar-refractivity contribution in [1.82, 2.24) is 9.62 Å². The zero-order valence-corrected chi connectivity index (χ0v) is 18.9. The molecule has 2 rings (SSSR count). The van der Waals surface area contributed by atoms with E-state index >= 15 is 0 Å². The van der Waals surface area contributed by atoms with Crippen molar-refractivity contribution in [3.8, 4) is 17.2 Å². The lowest BCUT2D eigenvalue weighted by molar-refractivity contribution is -0.121. The Labute approximate surface area is 177 Å². The first-order valence-electron chi connectivity index (χ1n) is 9.26. The maximum Gasteiger partial charge on any atom is 0.246 e. The average molecular weight is 437 g/mol. The monoisotopic (exact) mass is 436 g/mol. The van der Waals surface area contributed by atoms with E-state index in [1.54, 1.807) is 45.2 Å². The van der Waals surface area contributed by atoms with Crippen molar-refractivity contribution in [2.24, 2.45) is 0 Å². The average Bonchev–Trinajstić information content (AvgIpc) is 2.72. The summed E-state index contributed by atoms with van der Waals surface area (Å²) in [4.78, 5) is 12.5. The molecular formula is C21H28N2O6S. The van der Waals surface area contributed by atoms with Crippen LogP contribution in [0.3, 0.4) is 0 Å². The molecule has 0 aliphatic heterocycles. The van der Waals surface area contributed by atoms with Crippen molar-refractivity contribution >= 4 is 15.9 Å². The van der Waals surface area contributed by atoms with E-state index in [1.807, 2.05) is 6.07 Å². The van der Waals surface area contributed by atoms with Gasteiger partial charge in [-0.05, 0) is 49.2 Å². The number of benzene rings is 2. The summed E-state index contributed by atoms with van der Waals surface area (Å²) < 4.78 is 42.6. The highest BCUT2D eigenvalue weighted by molar-refractivity contribution is 7.89. The highest BCUT2D eigenvalue weighted by Crippen LogP contribution is 2.30. The number of hydrogen-bond acceptors (Lipinski definition) is 6. The van der Waals surface area contributed by atoms with E-state index in [1.165, 1.54) is 27.3 Å². The number of aryl methyl sites for hydroxylation is 1. The molecule has 2 aromatic carbocycles. The van der Waals surface area contributed by atoms with Crippen molar-refractivity contribution in [2.45, 2.75) is 24.8 Å². The molecule has 1 atom stereocenters. The first kappa shape index (κ1) is 23.5. The molecule has 0 fully saturated rings. The van der Waals surface area contributed by atoms with Gasteiger partial charge < -0.3 is 19.5 Å². The van der Waals surface area contributed by atoms with Crippen LogP contribution < -0.4 is 19.5 Å². The fourth-order valence-corrected chi connectivity index (χ4v) is 4.30. The molecule has 30 heavy (non-hydrogen) atoms. The number of amides is 1. The third-order valence-electron chi connectivity index (χ3n) is 4.66. The van der Waals surface area contributed by atoms with Gasteiger partial charge in [0.1, 0.15) is 10.6 Å². The molecule has 1 N–H and O–H groups in total. The van der Waals surface area contributed by atoms with Gasteiger partial charge in [-0.3, -0.25) is 4.79 Å². The van der Waals surface area contributed by atoms with E-state index in [0.717, 1.165) is 15.4 Å². The van der Waals surface area contributed by atoms with Crippen LogP contribution in [0.5, 0.6) is 17.2 Å². The Bertz CT molecular complexity index is 1010. The highest BCUT2D eigenvalue weighted by Gasteiger charge is 2.27. The second-order valence-electron chi connectivity index (χ2n) is 6.82. The number of methoxy groups -OCH3 is 3. The van der Waals surface area contributed by atoms with Crippen LogP contribution in [0.2, 0.25) is 0 Å². The lowest BCUT2D eigenvalue weighted by Gasteiger charge is -2.21. The summed E-state index contributed by atoms with van der Waals surface area (Å²) in [5.41, 5.74) is 1.57. The summed E-state index contributed by atoms with van der Waals surface area (Å²) in [6, 6.07) is 9.84.